The van der Waals surface area contributed by atoms with Gasteiger partial charge in [-0.25, -0.2) is 20.2 Å². The number of hydrazone groups is 1. The minimum Gasteiger partial charge on any atom is -0.423 e. The van der Waals surface area contributed by atoms with Gasteiger partial charge in [0.1, 0.15) is 5.75 Å². The average molecular weight is 614 g/mol. The smallest absolute Gasteiger partial charge is 0.343 e. The molecule has 226 valence electrons. The number of benzene rings is 5. The Kier molecular flexibility index (Phi) is 8.12. The molecule has 1 N–H and O–H groups in total. The Labute approximate surface area is 270 Å². The van der Waals surface area contributed by atoms with E-state index >= 15 is 0 Å². The Morgan fingerprint density at radius 1 is 0.660 bits per heavy atom. The van der Waals surface area contributed by atoms with Crippen molar-refractivity contribution in [2.24, 2.45) is 5.10 Å². The van der Waals surface area contributed by atoms with Gasteiger partial charge < -0.3 is 9.30 Å². The first-order chi connectivity index (χ1) is 23.1. The molecule has 47 heavy (non-hydrogen) atoms. The van der Waals surface area contributed by atoms with E-state index in [1.165, 1.54) is 6.21 Å². The average Bonchev–Trinajstić information content (AvgIpc) is 3.67. The first-order valence-corrected chi connectivity index (χ1v) is 14.9. The molecule has 8 heteroatoms. The van der Waals surface area contributed by atoms with Crippen molar-refractivity contribution in [1.29, 1.82) is 0 Å². The van der Waals surface area contributed by atoms with Crippen LogP contribution >= 0.6 is 0 Å². The van der Waals surface area contributed by atoms with Gasteiger partial charge in [0.15, 0.2) is 0 Å². The summed E-state index contributed by atoms with van der Waals surface area (Å²) < 4.78 is 7.53. The number of esters is 1. The highest BCUT2D eigenvalue weighted by Gasteiger charge is 2.16. The van der Waals surface area contributed by atoms with Crippen molar-refractivity contribution in [3.05, 3.63) is 169 Å². The van der Waals surface area contributed by atoms with Gasteiger partial charge in [0.25, 0.3) is 5.91 Å². The van der Waals surface area contributed by atoms with Crippen molar-refractivity contribution in [3.8, 4) is 34.0 Å². The van der Waals surface area contributed by atoms with Crippen LogP contribution < -0.4 is 10.2 Å². The summed E-state index contributed by atoms with van der Waals surface area (Å²) in [5.41, 5.74) is 9.54. The second-order valence-electron chi connectivity index (χ2n) is 10.6. The molecule has 0 spiro atoms. The predicted octanol–water partition coefficient (Wildman–Crippen LogP) is 7.74. The van der Waals surface area contributed by atoms with Crippen LogP contribution in [0.25, 0.3) is 39.2 Å². The summed E-state index contributed by atoms with van der Waals surface area (Å²) in [6.07, 6.45) is 5.28. The third-order valence-electron chi connectivity index (χ3n) is 7.50. The maximum atomic E-state index is 13.1. The van der Waals surface area contributed by atoms with Crippen LogP contribution in [0.5, 0.6) is 5.75 Å². The van der Waals surface area contributed by atoms with Crippen LogP contribution in [-0.2, 0) is 0 Å². The Bertz CT molecular complexity index is 2210. The Hall–Kier alpha value is -6.67. The fourth-order valence-electron chi connectivity index (χ4n) is 5.18. The lowest BCUT2D eigenvalue weighted by Gasteiger charge is -2.11. The SMILES string of the molecule is O=C(Oc1ccc(/C=N\NC(=O)c2ccccc2-n2cccc2)cc1)c1ccc2nc(-c3ccccc3)c(-c3ccccc3)nc2c1. The maximum absolute atomic E-state index is 13.1. The molecule has 0 fully saturated rings. The summed E-state index contributed by atoms with van der Waals surface area (Å²) in [5, 5.41) is 4.11. The predicted molar refractivity (Wildman–Crippen MR) is 183 cm³/mol. The summed E-state index contributed by atoms with van der Waals surface area (Å²) in [5.74, 6) is -0.479. The van der Waals surface area contributed by atoms with Gasteiger partial charge in [0.2, 0.25) is 0 Å². The van der Waals surface area contributed by atoms with Gasteiger partial charge in [-0.1, -0.05) is 72.8 Å². The zero-order chi connectivity index (χ0) is 32.0. The molecule has 0 saturated heterocycles. The lowest BCUT2D eigenvalue weighted by molar-refractivity contribution is 0.0734. The molecule has 0 atom stereocenters. The number of aromatic nitrogens is 3. The van der Waals surface area contributed by atoms with E-state index in [1.54, 1.807) is 54.6 Å². The number of carbonyl (C=O) groups excluding carboxylic acids is 2. The first kappa shape index (κ1) is 29.1. The molecule has 0 aliphatic rings. The Morgan fingerprint density at radius 3 is 1.96 bits per heavy atom. The largest absolute Gasteiger partial charge is 0.423 e. The van der Waals surface area contributed by atoms with Crippen LogP contribution in [0, 0.1) is 0 Å². The van der Waals surface area contributed by atoms with Crippen molar-refractivity contribution in [2.75, 3.05) is 0 Å². The first-order valence-electron chi connectivity index (χ1n) is 14.9. The molecular formula is C39H27N5O3. The standard InChI is InChI=1S/C39H27N5O3/c45-38(32-15-7-8-16-35(32)44-23-9-10-24-44)43-40-26-27-17-20-31(21-18-27)47-39(46)30-19-22-33-34(25-30)42-37(29-13-5-2-6-14-29)36(41-33)28-11-3-1-4-12-28/h1-26H,(H,43,45)/b40-26-. The van der Waals surface area contributed by atoms with Crippen molar-refractivity contribution in [2.45, 2.75) is 0 Å². The second kappa shape index (κ2) is 13.1. The number of nitrogens with one attached hydrogen (secondary N) is 1. The van der Waals surface area contributed by atoms with E-state index in [2.05, 4.69) is 10.5 Å². The quantitative estimate of drug-likeness (QED) is 0.0818. The number of hydrogen-bond acceptors (Lipinski definition) is 6. The van der Waals surface area contributed by atoms with Crippen LogP contribution in [0.1, 0.15) is 26.3 Å². The van der Waals surface area contributed by atoms with Crippen molar-refractivity contribution >= 4 is 29.1 Å². The normalized spacial score (nSPS) is 11.1. The van der Waals surface area contributed by atoms with Crippen molar-refractivity contribution < 1.29 is 14.3 Å². The Balaban J connectivity index is 1.05. The number of ether oxygens (including phenoxy) is 1. The van der Waals surface area contributed by atoms with Gasteiger partial charge in [-0.05, 0) is 72.3 Å². The van der Waals surface area contributed by atoms with Crippen LogP contribution in [0.3, 0.4) is 0 Å². The van der Waals surface area contributed by atoms with Crippen LogP contribution in [-0.4, -0.2) is 32.6 Å². The summed E-state index contributed by atoms with van der Waals surface area (Å²) in [4.78, 5) is 35.8. The fourth-order valence-corrected chi connectivity index (χ4v) is 5.18. The molecule has 2 aromatic heterocycles. The number of hydrogen-bond donors (Lipinski definition) is 1. The molecule has 0 bridgehead atoms. The van der Waals surface area contributed by atoms with E-state index in [0.29, 0.717) is 33.5 Å². The monoisotopic (exact) mass is 613 g/mol. The van der Waals surface area contributed by atoms with Crippen molar-refractivity contribution in [3.63, 3.8) is 0 Å². The summed E-state index contributed by atoms with van der Waals surface area (Å²) in [6.45, 7) is 0. The number of carbonyl (C=O) groups is 2. The van der Waals surface area contributed by atoms with E-state index in [0.717, 1.165) is 28.2 Å². The van der Waals surface area contributed by atoms with Crippen LogP contribution in [0.2, 0.25) is 0 Å². The lowest BCUT2D eigenvalue weighted by atomic mass is 10.0. The highest BCUT2D eigenvalue weighted by Crippen LogP contribution is 2.31. The molecule has 0 radical (unpaired) electrons. The van der Waals surface area contributed by atoms with Gasteiger partial charge in [-0.2, -0.15) is 5.10 Å². The number of amides is 1. The second-order valence-corrected chi connectivity index (χ2v) is 10.6. The summed E-state index contributed by atoms with van der Waals surface area (Å²) in [7, 11) is 0. The van der Waals surface area contributed by atoms with Gasteiger partial charge in [0, 0.05) is 23.5 Å². The minimum atomic E-state index is -0.517. The molecule has 0 unspecified atom stereocenters. The third-order valence-corrected chi connectivity index (χ3v) is 7.50. The molecule has 2 heterocycles. The molecule has 0 saturated carbocycles. The number of fused-ring (bicyclic) bond motifs is 1. The van der Waals surface area contributed by atoms with Gasteiger partial charge in [0.05, 0.1) is 45.5 Å². The number of rotatable bonds is 8. The van der Waals surface area contributed by atoms with Gasteiger partial charge in [-0.15, -0.1) is 0 Å². The van der Waals surface area contributed by atoms with Crippen molar-refractivity contribution in [1.82, 2.24) is 20.0 Å². The molecule has 0 aliphatic carbocycles. The van der Waals surface area contributed by atoms with Gasteiger partial charge in [-0.3, -0.25) is 4.79 Å². The third kappa shape index (κ3) is 6.43. The molecule has 8 nitrogen and oxygen atoms in total. The zero-order valence-electron chi connectivity index (χ0n) is 25.0. The molecule has 1 amide bonds. The number of nitrogens with zero attached hydrogens (tertiary/aromatic N) is 4. The number of para-hydroxylation sites is 1. The topological polar surface area (TPSA) is 98.5 Å². The van der Waals surface area contributed by atoms with E-state index in [1.807, 2.05) is 102 Å². The maximum Gasteiger partial charge on any atom is 0.343 e. The summed E-state index contributed by atoms with van der Waals surface area (Å²) >= 11 is 0. The summed E-state index contributed by atoms with van der Waals surface area (Å²) in [6, 6.07) is 42.9. The van der Waals surface area contributed by atoms with E-state index in [4.69, 9.17) is 14.7 Å². The highest BCUT2D eigenvalue weighted by atomic mass is 16.5. The Morgan fingerprint density at radius 2 is 1.28 bits per heavy atom. The van der Waals surface area contributed by atoms with E-state index < -0.39 is 5.97 Å². The minimum absolute atomic E-state index is 0.330. The van der Waals surface area contributed by atoms with Crippen LogP contribution in [0.15, 0.2) is 157 Å². The molecule has 5 aromatic carbocycles. The molecule has 7 aromatic rings. The lowest BCUT2D eigenvalue weighted by Crippen LogP contribution is -2.19. The highest BCUT2D eigenvalue weighted by molar-refractivity contribution is 5.98. The van der Waals surface area contributed by atoms with E-state index in [9.17, 15) is 9.59 Å². The van der Waals surface area contributed by atoms with Gasteiger partial charge >= 0.3 is 5.97 Å². The van der Waals surface area contributed by atoms with E-state index in [-0.39, 0.29) is 5.91 Å². The zero-order valence-corrected chi connectivity index (χ0v) is 25.0. The fraction of sp³-hybridized carbons (Fsp3) is 0. The molecular weight excluding hydrogens is 586 g/mol. The van der Waals surface area contributed by atoms with Crippen LogP contribution in [0.4, 0.5) is 0 Å². The molecule has 7 rings (SSSR count). The molecule has 0 aliphatic heterocycles.